The zero-order valence-corrected chi connectivity index (χ0v) is 10.3. The number of nitrogens with one attached hydrogen (secondary N) is 1. The molecule has 0 aromatic heterocycles. The molecule has 16 heavy (non-hydrogen) atoms. The molecule has 1 unspecified atom stereocenters. The minimum Gasteiger partial charge on any atom is -0.444 e. The summed E-state index contributed by atoms with van der Waals surface area (Å²) < 4.78 is 18.1. The number of hydrogen-bond donors (Lipinski definition) is 1. The van der Waals surface area contributed by atoms with Gasteiger partial charge in [0.15, 0.2) is 0 Å². The Morgan fingerprint density at radius 3 is 2.81 bits per heavy atom. The summed E-state index contributed by atoms with van der Waals surface area (Å²) in [5.74, 6) is 0. The van der Waals surface area contributed by atoms with Gasteiger partial charge < -0.3 is 15.0 Å². The normalized spacial score (nSPS) is 22.8. The van der Waals surface area contributed by atoms with Gasteiger partial charge in [0.1, 0.15) is 12.3 Å². The van der Waals surface area contributed by atoms with Crippen molar-refractivity contribution in [3.05, 3.63) is 0 Å². The molecule has 1 aliphatic rings. The first-order valence-electron chi connectivity index (χ1n) is 5.70. The van der Waals surface area contributed by atoms with Crippen LogP contribution in [0, 0.1) is 0 Å². The molecule has 0 aliphatic carbocycles. The van der Waals surface area contributed by atoms with E-state index in [1.807, 2.05) is 20.8 Å². The van der Waals surface area contributed by atoms with Crippen molar-refractivity contribution in [3.63, 3.8) is 0 Å². The Labute approximate surface area is 96.1 Å². The molecule has 5 heteroatoms. The number of nitrogens with zero attached hydrogens (tertiary/aromatic N) is 1. The van der Waals surface area contributed by atoms with Gasteiger partial charge in [-0.05, 0) is 33.7 Å². The maximum Gasteiger partial charge on any atom is 0.410 e. The van der Waals surface area contributed by atoms with Crippen LogP contribution in [0.15, 0.2) is 0 Å². The van der Waals surface area contributed by atoms with E-state index in [1.54, 1.807) is 0 Å². The first-order valence-corrected chi connectivity index (χ1v) is 5.70. The molecule has 1 amide bonds. The Kier molecular flexibility index (Phi) is 4.53. The van der Waals surface area contributed by atoms with Gasteiger partial charge in [-0.25, -0.2) is 9.18 Å². The van der Waals surface area contributed by atoms with E-state index in [-0.39, 0.29) is 0 Å². The number of amides is 1. The van der Waals surface area contributed by atoms with Gasteiger partial charge >= 0.3 is 6.09 Å². The van der Waals surface area contributed by atoms with Crippen LogP contribution in [0.2, 0.25) is 0 Å². The minimum atomic E-state index is -0.535. The van der Waals surface area contributed by atoms with Gasteiger partial charge in [-0.1, -0.05) is 0 Å². The number of hydrogen-bond acceptors (Lipinski definition) is 3. The Hall–Kier alpha value is -0.840. The van der Waals surface area contributed by atoms with Crippen LogP contribution < -0.4 is 5.32 Å². The maximum absolute atomic E-state index is 12.8. The number of halogens is 1. The van der Waals surface area contributed by atoms with Crippen LogP contribution in [0.1, 0.15) is 27.2 Å². The zero-order chi connectivity index (χ0) is 12.2. The number of ether oxygens (including phenoxy) is 1. The van der Waals surface area contributed by atoms with Gasteiger partial charge in [0.25, 0.3) is 0 Å². The summed E-state index contributed by atoms with van der Waals surface area (Å²) in [6.07, 6.45) is 0.411. The van der Waals surface area contributed by atoms with E-state index >= 15 is 0 Å². The Morgan fingerprint density at radius 1 is 1.56 bits per heavy atom. The number of rotatable bonds is 1. The molecule has 1 N–H and O–H groups in total. The fourth-order valence-corrected chi connectivity index (χ4v) is 1.63. The summed E-state index contributed by atoms with van der Waals surface area (Å²) in [6.45, 7) is 6.76. The van der Waals surface area contributed by atoms with E-state index in [9.17, 15) is 9.18 Å². The zero-order valence-electron chi connectivity index (χ0n) is 10.3. The average molecular weight is 232 g/mol. The van der Waals surface area contributed by atoms with E-state index in [0.29, 0.717) is 13.1 Å². The molecule has 1 saturated heterocycles. The molecule has 0 spiro atoms. The maximum atomic E-state index is 12.8. The molecule has 0 aromatic carbocycles. The van der Waals surface area contributed by atoms with Crippen LogP contribution in [0.5, 0.6) is 0 Å². The third kappa shape index (κ3) is 3.96. The van der Waals surface area contributed by atoms with Crippen LogP contribution in [0.25, 0.3) is 0 Å². The van der Waals surface area contributed by atoms with Gasteiger partial charge in [0, 0.05) is 13.1 Å². The average Bonchev–Trinajstić information content (AvgIpc) is 2.39. The smallest absolute Gasteiger partial charge is 0.410 e. The molecule has 1 rings (SSSR count). The van der Waals surface area contributed by atoms with Gasteiger partial charge in [-0.15, -0.1) is 0 Å². The number of carbonyl (C=O) groups is 1. The van der Waals surface area contributed by atoms with Gasteiger partial charge in [0.2, 0.25) is 0 Å². The van der Waals surface area contributed by atoms with Crippen molar-refractivity contribution < 1.29 is 13.9 Å². The van der Waals surface area contributed by atoms with Crippen molar-refractivity contribution in [3.8, 4) is 0 Å². The van der Waals surface area contributed by atoms with Gasteiger partial charge in [0.05, 0.1) is 6.04 Å². The summed E-state index contributed by atoms with van der Waals surface area (Å²) in [7, 11) is 0. The third-order valence-electron chi connectivity index (χ3n) is 2.38. The lowest BCUT2D eigenvalue weighted by molar-refractivity contribution is 0.0154. The molecule has 1 fully saturated rings. The lowest BCUT2D eigenvalue weighted by Gasteiger charge is -2.30. The van der Waals surface area contributed by atoms with Crippen molar-refractivity contribution in [1.29, 1.82) is 0 Å². The molecule has 4 nitrogen and oxygen atoms in total. The molecule has 1 aliphatic heterocycles. The summed E-state index contributed by atoms with van der Waals surface area (Å²) >= 11 is 0. The Balaban J connectivity index is 2.63. The quantitative estimate of drug-likeness (QED) is 0.746. The van der Waals surface area contributed by atoms with Crippen molar-refractivity contribution in [2.45, 2.75) is 38.8 Å². The Morgan fingerprint density at radius 2 is 2.25 bits per heavy atom. The molecular weight excluding hydrogens is 211 g/mol. The number of carbonyl (C=O) groups excluding carboxylic acids is 1. The van der Waals surface area contributed by atoms with Crippen LogP contribution in [0.3, 0.4) is 0 Å². The van der Waals surface area contributed by atoms with Crippen molar-refractivity contribution in [2.75, 3.05) is 26.3 Å². The fourth-order valence-electron chi connectivity index (χ4n) is 1.63. The largest absolute Gasteiger partial charge is 0.444 e. The molecule has 0 radical (unpaired) electrons. The minimum absolute atomic E-state index is 0.405. The molecular formula is C11H21FN2O2. The molecule has 1 heterocycles. The molecule has 0 bridgehead atoms. The highest BCUT2D eigenvalue weighted by molar-refractivity contribution is 5.68. The lowest BCUT2D eigenvalue weighted by atomic mass is 10.2. The van der Waals surface area contributed by atoms with Gasteiger partial charge in [-0.3, -0.25) is 0 Å². The van der Waals surface area contributed by atoms with E-state index in [1.165, 1.54) is 4.90 Å². The summed E-state index contributed by atoms with van der Waals surface area (Å²) in [5, 5.41) is 3.11. The van der Waals surface area contributed by atoms with Crippen LogP contribution in [-0.2, 0) is 4.74 Å². The molecule has 1 atom stereocenters. The molecule has 0 saturated carbocycles. The summed E-state index contributed by atoms with van der Waals surface area (Å²) in [6, 6.07) is -0.405. The summed E-state index contributed by atoms with van der Waals surface area (Å²) in [5.41, 5.74) is -0.530. The van der Waals surface area contributed by atoms with E-state index in [2.05, 4.69) is 5.32 Å². The third-order valence-corrected chi connectivity index (χ3v) is 2.38. The van der Waals surface area contributed by atoms with Crippen molar-refractivity contribution in [1.82, 2.24) is 10.2 Å². The van der Waals surface area contributed by atoms with E-state index in [4.69, 9.17) is 4.74 Å². The van der Waals surface area contributed by atoms with Gasteiger partial charge in [-0.2, -0.15) is 0 Å². The first-order chi connectivity index (χ1) is 7.44. The fraction of sp³-hybridized carbons (Fsp3) is 0.909. The second kappa shape index (κ2) is 5.48. The SMILES string of the molecule is CC(C)(C)OC(=O)N1CCCNCC1CF. The van der Waals surface area contributed by atoms with E-state index < -0.39 is 24.4 Å². The predicted molar refractivity (Wildman–Crippen MR) is 60.2 cm³/mol. The second-order valence-corrected chi connectivity index (χ2v) is 5.04. The first kappa shape index (κ1) is 13.2. The Bertz CT molecular complexity index is 241. The predicted octanol–water partition coefficient (Wildman–Crippen LogP) is 1.55. The molecule has 0 aromatic rings. The van der Waals surface area contributed by atoms with Crippen molar-refractivity contribution >= 4 is 6.09 Å². The standard InChI is InChI=1S/C11H21FN2O2/c1-11(2,3)16-10(15)14-6-4-5-13-8-9(14)7-12/h9,13H,4-8H2,1-3H3. The van der Waals surface area contributed by atoms with Crippen LogP contribution in [0.4, 0.5) is 9.18 Å². The second-order valence-electron chi connectivity index (χ2n) is 5.04. The molecule has 94 valence electrons. The monoisotopic (exact) mass is 232 g/mol. The lowest BCUT2D eigenvalue weighted by Crippen LogP contribution is -2.47. The van der Waals surface area contributed by atoms with Crippen LogP contribution >= 0.6 is 0 Å². The highest BCUT2D eigenvalue weighted by Gasteiger charge is 2.29. The van der Waals surface area contributed by atoms with E-state index in [0.717, 1.165) is 13.0 Å². The summed E-state index contributed by atoms with van der Waals surface area (Å²) in [4.78, 5) is 13.3. The highest BCUT2D eigenvalue weighted by Crippen LogP contribution is 2.13. The van der Waals surface area contributed by atoms with Crippen molar-refractivity contribution in [2.24, 2.45) is 0 Å². The number of alkyl halides is 1. The van der Waals surface area contributed by atoms with Crippen LogP contribution in [-0.4, -0.2) is 48.9 Å². The topological polar surface area (TPSA) is 41.6 Å². The highest BCUT2D eigenvalue weighted by atomic mass is 19.1.